The minimum atomic E-state index is -0.973. The van der Waals surface area contributed by atoms with Crippen molar-refractivity contribution in [2.24, 2.45) is 5.92 Å². The number of rotatable bonds is 9. The van der Waals surface area contributed by atoms with Crippen LogP contribution in [0.1, 0.15) is 37.0 Å². The highest BCUT2D eigenvalue weighted by Crippen LogP contribution is 2.20. The second-order valence-electron chi connectivity index (χ2n) is 8.63. The second-order valence-corrected chi connectivity index (χ2v) is 8.63. The standard InChI is InChI=1S/C26H31N3O4/c1-19(2)14-24(33-26(31)29-13-12-21-10-6-7-11-22(21)16-29)25(30)28-23(15-27)18-32-17-20-8-4-3-5-9-20/h3-11,19,23-24H,12-14,16-18H2,1-2H3,(H,28,30)/t23-,24+/m1/s1. The van der Waals surface area contributed by atoms with E-state index in [1.165, 1.54) is 5.56 Å². The molecule has 174 valence electrons. The first kappa shape index (κ1) is 24.3. The molecule has 0 spiro atoms. The van der Waals surface area contributed by atoms with Crippen LogP contribution >= 0.6 is 0 Å². The summed E-state index contributed by atoms with van der Waals surface area (Å²) in [5.41, 5.74) is 3.30. The Hall–Kier alpha value is -3.37. The summed E-state index contributed by atoms with van der Waals surface area (Å²) in [5.74, 6) is -0.352. The largest absolute Gasteiger partial charge is 0.436 e. The van der Waals surface area contributed by atoms with E-state index in [2.05, 4.69) is 11.4 Å². The lowest BCUT2D eigenvalue weighted by Gasteiger charge is -2.30. The molecular formula is C26H31N3O4. The molecule has 0 aliphatic carbocycles. The molecule has 33 heavy (non-hydrogen) atoms. The third-order valence-electron chi connectivity index (χ3n) is 5.48. The summed E-state index contributed by atoms with van der Waals surface area (Å²) in [4.78, 5) is 27.3. The van der Waals surface area contributed by atoms with E-state index in [0.29, 0.717) is 26.1 Å². The summed E-state index contributed by atoms with van der Waals surface area (Å²) in [6.45, 7) is 5.29. The van der Waals surface area contributed by atoms with Gasteiger partial charge < -0.3 is 19.7 Å². The molecule has 0 saturated heterocycles. The van der Waals surface area contributed by atoms with Crippen molar-refractivity contribution < 1.29 is 19.1 Å². The molecule has 1 aliphatic heterocycles. The first-order chi connectivity index (χ1) is 16.0. The van der Waals surface area contributed by atoms with E-state index in [-0.39, 0.29) is 12.5 Å². The number of hydrogen-bond acceptors (Lipinski definition) is 5. The molecule has 1 aliphatic rings. The number of nitrogens with one attached hydrogen (secondary N) is 1. The van der Waals surface area contributed by atoms with Gasteiger partial charge in [0.2, 0.25) is 0 Å². The molecule has 2 aromatic rings. The van der Waals surface area contributed by atoms with Crippen LogP contribution in [0.2, 0.25) is 0 Å². The molecule has 2 amide bonds. The van der Waals surface area contributed by atoms with Gasteiger partial charge in [0.05, 0.1) is 19.3 Å². The zero-order valence-corrected chi connectivity index (χ0v) is 19.2. The van der Waals surface area contributed by atoms with Gasteiger partial charge in [-0.2, -0.15) is 5.26 Å². The number of amides is 2. The summed E-state index contributed by atoms with van der Waals surface area (Å²) < 4.78 is 11.2. The fraction of sp³-hybridized carbons (Fsp3) is 0.423. The molecule has 7 nitrogen and oxygen atoms in total. The van der Waals surface area contributed by atoms with Gasteiger partial charge in [0.25, 0.3) is 5.91 Å². The second kappa shape index (κ2) is 12.0. The van der Waals surface area contributed by atoms with Gasteiger partial charge >= 0.3 is 6.09 Å². The van der Waals surface area contributed by atoms with Crippen molar-refractivity contribution in [1.82, 2.24) is 10.2 Å². The summed E-state index contributed by atoms with van der Waals surface area (Å²) in [6, 6.07) is 18.8. The van der Waals surface area contributed by atoms with Crippen LogP contribution in [-0.4, -0.2) is 42.2 Å². The average Bonchev–Trinajstić information content (AvgIpc) is 2.82. The molecule has 7 heteroatoms. The molecule has 2 atom stereocenters. The van der Waals surface area contributed by atoms with Crippen LogP contribution in [0.25, 0.3) is 0 Å². The lowest BCUT2D eigenvalue weighted by molar-refractivity contribution is -0.131. The van der Waals surface area contributed by atoms with E-state index >= 15 is 0 Å². The highest BCUT2D eigenvalue weighted by molar-refractivity contribution is 5.84. The first-order valence-corrected chi connectivity index (χ1v) is 11.3. The summed E-state index contributed by atoms with van der Waals surface area (Å²) >= 11 is 0. The maximum absolute atomic E-state index is 12.9. The fourth-order valence-electron chi connectivity index (χ4n) is 3.73. The lowest BCUT2D eigenvalue weighted by atomic mass is 10.0. The molecule has 0 aromatic heterocycles. The molecule has 0 bridgehead atoms. The Kier molecular flexibility index (Phi) is 8.85. The van der Waals surface area contributed by atoms with Gasteiger partial charge in [0.1, 0.15) is 6.04 Å². The van der Waals surface area contributed by atoms with E-state index in [9.17, 15) is 14.9 Å². The number of hydrogen-bond donors (Lipinski definition) is 1. The van der Waals surface area contributed by atoms with Crippen molar-refractivity contribution in [3.05, 3.63) is 71.3 Å². The zero-order valence-electron chi connectivity index (χ0n) is 19.2. The minimum absolute atomic E-state index is 0.0440. The number of benzene rings is 2. The highest BCUT2D eigenvalue weighted by atomic mass is 16.6. The Morgan fingerprint density at radius 2 is 1.79 bits per heavy atom. The first-order valence-electron chi connectivity index (χ1n) is 11.3. The van der Waals surface area contributed by atoms with Gasteiger partial charge in [-0.15, -0.1) is 0 Å². The monoisotopic (exact) mass is 449 g/mol. The van der Waals surface area contributed by atoms with Crippen LogP contribution in [0.4, 0.5) is 4.79 Å². The third kappa shape index (κ3) is 7.33. The normalized spacial score (nSPS) is 14.7. The van der Waals surface area contributed by atoms with Crippen LogP contribution < -0.4 is 5.32 Å². The van der Waals surface area contributed by atoms with Crippen molar-refractivity contribution in [1.29, 1.82) is 5.26 Å². The van der Waals surface area contributed by atoms with Crippen molar-refractivity contribution in [2.75, 3.05) is 13.2 Å². The average molecular weight is 450 g/mol. The lowest BCUT2D eigenvalue weighted by Crippen LogP contribution is -2.47. The van der Waals surface area contributed by atoms with Crippen molar-refractivity contribution in [3.63, 3.8) is 0 Å². The zero-order chi connectivity index (χ0) is 23.6. The Balaban J connectivity index is 1.55. The topological polar surface area (TPSA) is 91.7 Å². The molecule has 0 fully saturated rings. The van der Waals surface area contributed by atoms with Gasteiger partial charge in [0.15, 0.2) is 6.10 Å². The smallest absolute Gasteiger partial charge is 0.410 e. The van der Waals surface area contributed by atoms with E-state index in [4.69, 9.17) is 9.47 Å². The van der Waals surface area contributed by atoms with Crippen LogP contribution in [0, 0.1) is 17.2 Å². The minimum Gasteiger partial charge on any atom is -0.436 e. The van der Waals surface area contributed by atoms with Crippen molar-refractivity contribution in [2.45, 2.75) is 52.0 Å². The summed E-state index contributed by atoms with van der Waals surface area (Å²) in [7, 11) is 0. The Labute approximate surface area is 195 Å². The van der Waals surface area contributed by atoms with Gasteiger partial charge in [-0.3, -0.25) is 4.79 Å². The van der Waals surface area contributed by atoms with E-state index in [1.807, 2.05) is 68.4 Å². The van der Waals surface area contributed by atoms with Gasteiger partial charge in [-0.1, -0.05) is 68.4 Å². The number of ether oxygens (including phenoxy) is 2. The maximum Gasteiger partial charge on any atom is 0.410 e. The number of carbonyl (C=O) groups excluding carboxylic acids is 2. The Morgan fingerprint density at radius 3 is 2.48 bits per heavy atom. The predicted octanol–water partition coefficient (Wildman–Crippen LogP) is 3.82. The highest BCUT2D eigenvalue weighted by Gasteiger charge is 2.29. The molecule has 0 unspecified atom stereocenters. The van der Waals surface area contributed by atoms with Crippen molar-refractivity contribution in [3.8, 4) is 6.07 Å². The molecule has 3 rings (SSSR count). The third-order valence-corrected chi connectivity index (χ3v) is 5.48. The number of nitrogens with zero attached hydrogens (tertiary/aromatic N) is 2. The fourth-order valence-corrected chi connectivity index (χ4v) is 3.73. The Morgan fingerprint density at radius 1 is 1.09 bits per heavy atom. The molecule has 1 heterocycles. The molecule has 2 aromatic carbocycles. The molecule has 1 N–H and O–H groups in total. The Bertz CT molecular complexity index is 971. The van der Waals surface area contributed by atoms with Gasteiger partial charge in [0, 0.05) is 13.1 Å². The van der Waals surface area contributed by atoms with Crippen LogP contribution in [-0.2, 0) is 33.8 Å². The number of nitriles is 1. The predicted molar refractivity (Wildman–Crippen MR) is 124 cm³/mol. The van der Waals surface area contributed by atoms with Crippen LogP contribution in [0.3, 0.4) is 0 Å². The summed E-state index contributed by atoms with van der Waals surface area (Å²) in [6.07, 6.45) is -0.370. The number of carbonyl (C=O) groups is 2. The number of fused-ring (bicyclic) bond motifs is 1. The SMILES string of the molecule is CC(C)C[C@H](OC(=O)N1CCc2ccccc2C1)C(=O)N[C@H](C#N)COCc1ccccc1. The van der Waals surface area contributed by atoms with Crippen molar-refractivity contribution >= 4 is 12.0 Å². The molecule has 0 radical (unpaired) electrons. The quantitative estimate of drug-likeness (QED) is 0.628. The van der Waals surface area contributed by atoms with E-state index in [1.54, 1.807) is 4.90 Å². The van der Waals surface area contributed by atoms with Crippen LogP contribution in [0.5, 0.6) is 0 Å². The molecular weight excluding hydrogens is 418 g/mol. The maximum atomic E-state index is 12.9. The van der Waals surface area contributed by atoms with E-state index < -0.39 is 24.1 Å². The van der Waals surface area contributed by atoms with E-state index in [0.717, 1.165) is 17.5 Å². The molecule has 0 saturated carbocycles. The van der Waals surface area contributed by atoms with Gasteiger partial charge in [-0.25, -0.2) is 4.79 Å². The van der Waals surface area contributed by atoms with Crippen LogP contribution in [0.15, 0.2) is 54.6 Å². The summed E-state index contributed by atoms with van der Waals surface area (Å²) in [5, 5.41) is 12.1. The van der Waals surface area contributed by atoms with Gasteiger partial charge in [-0.05, 0) is 35.4 Å².